The monoisotopic (exact) mass is 412 g/mol. The summed E-state index contributed by atoms with van der Waals surface area (Å²) in [5, 5.41) is 2.51. The van der Waals surface area contributed by atoms with E-state index in [1.165, 1.54) is 40.3 Å². The van der Waals surface area contributed by atoms with E-state index >= 15 is 0 Å². The Balaban J connectivity index is 3.12. The van der Waals surface area contributed by atoms with Gasteiger partial charge < -0.3 is 19.5 Å². The van der Waals surface area contributed by atoms with Crippen molar-refractivity contribution >= 4 is 18.0 Å². The van der Waals surface area contributed by atoms with Crippen LogP contribution < -0.4 is 10.1 Å². The van der Waals surface area contributed by atoms with E-state index in [4.69, 9.17) is 9.47 Å². The minimum atomic E-state index is -1.05. The van der Waals surface area contributed by atoms with Crippen LogP contribution in [0.5, 0.6) is 5.75 Å². The highest BCUT2D eigenvalue weighted by Crippen LogP contribution is 2.20. The lowest BCUT2D eigenvalue weighted by Gasteiger charge is -2.30. The molecule has 0 fully saturated rings. The number of hydrogen-bond acceptors (Lipinski definition) is 6. The summed E-state index contributed by atoms with van der Waals surface area (Å²) < 4.78 is 28.9. The Kier molecular flexibility index (Phi) is 8.42. The number of carbonyl (C=O) groups excluding carboxylic acids is 3. The highest BCUT2D eigenvalue weighted by atomic mass is 19.1. The first-order valence-corrected chi connectivity index (χ1v) is 9.06. The number of benzene rings is 1. The summed E-state index contributed by atoms with van der Waals surface area (Å²) in [5.74, 6) is -1.76. The van der Waals surface area contributed by atoms with Gasteiger partial charge in [-0.1, -0.05) is 6.07 Å². The Morgan fingerprint density at radius 2 is 1.83 bits per heavy atom. The molecule has 8 nitrogen and oxygen atoms in total. The Labute approximate surface area is 170 Å². The third-order valence-corrected chi connectivity index (χ3v) is 4.01. The molecule has 0 saturated carbocycles. The summed E-state index contributed by atoms with van der Waals surface area (Å²) >= 11 is 0. The van der Waals surface area contributed by atoms with Gasteiger partial charge in [-0.2, -0.15) is 0 Å². The van der Waals surface area contributed by atoms with Gasteiger partial charge in [-0.15, -0.1) is 0 Å². The number of halogens is 1. The summed E-state index contributed by atoms with van der Waals surface area (Å²) in [4.78, 5) is 38.0. The summed E-state index contributed by atoms with van der Waals surface area (Å²) in [6.07, 6.45) is -0.728. The molecule has 9 heteroatoms. The number of nitrogens with one attached hydrogen (secondary N) is 1. The zero-order valence-corrected chi connectivity index (χ0v) is 17.9. The SMILES string of the molecule is COC(=O)[C@H](C)NC(=O)[C@H](Cc1ccc(OC)c(F)c1)N(C)C(=O)OC(C)(C)C. The van der Waals surface area contributed by atoms with Crippen LogP contribution in [0, 0.1) is 5.82 Å². The number of methoxy groups -OCH3 is 2. The van der Waals surface area contributed by atoms with Gasteiger partial charge in [-0.05, 0) is 45.4 Å². The number of hydrogen-bond donors (Lipinski definition) is 1. The van der Waals surface area contributed by atoms with Crippen molar-refractivity contribution in [2.24, 2.45) is 0 Å². The maximum absolute atomic E-state index is 14.1. The molecule has 1 rings (SSSR count). The number of carbonyl (C=O) groups is 3. The maximum Gasteiger partial charge on any atom is 0.410 e. The van der Waals surface area contributed by atoms with E-state index in [0.717, 1.165) is 4.90 Å². The van der Waals surface area contributed by atoms with Crippen molar-refractivity contribution in [2.45, 2.75) is 51.8 Å². The van der Waals surface area contributed by atoms with Gasteiger partial charge in [-0.3, -0.25) is 9.69 Å². The molecule has 0 aliphatic carbocycles. The molecule has 0 bridgehead atoms. The van der Waals surface area contributed by atoms with Crippen LogP contribution in [0.2, 0.25) is 0 Å². The zero-order valence-electron chi connectivity index (χ0n) is 17.9. The van der Waals surface area contributed by atoms with Crippen molar-refractivity contribution in [1.29, 1.82) is 0 Å². The van der Waals surface area contributed by atoms with Crippen molar-refractivity contribution in [3.05, 3.63) is 29.6 Å². The second kappa shape index (κ2) is 10.1. The third kappa shape index (κ3) is 7.24. The molecule has 1 aromatic carbocycles. The highest BCUT2D eigenvalue weighted by Gasteiger charge is 2.32. The van der Waals surface area contributed by atoms with Gasteiger partial charge >= 0.3 is 12.1 Å². The van der Waals surface area contributed by atoms with Crippen molar-refractivity contribution in [3.63, 3.8) is 0 Å². The molecule has 0 spiro atoms. The molecule has 0 saturated heterocycles. The van der Waals surface area contributed by atoms with E-state index in [-0.39, 0.29) is 12.2 Å². The minimum Gasteiger partial charge on any atom is -0.494 e. The average molecular weight is 412 g/mol. The van der Waals surface area contributed by atoms with Crippen molar-refractivity contribution < 1.29 is 33.0 Å². The minimum absolute atomic E-state index is 0.00359. The smallest absolute Gasteiger partial charge is 0.410 e. The number of nitrogens with zero attached hydrogens (tertiary/aromatic N) is 1. The summed E-state index contributed by atoms with van der Waals surface area (Å²) in [6.45, 7) is 6.56. The number of ether oxygens (including phenoxy) is 3. The fraction of sp³-hybridized carbons (Fsp3) is 0.550. The molecule has 2 atom stereocenters. The molecular formula is C20H29FN2O6. The summed E-state index contributed by atoms with van der Waals surface area (Å²) in [7, 11) is 3.95. The molecule has 2 amide bonds. The van der Waals surface area contributed by atoms with E-state index < -0.39 is 41.5 Å². The molecule has 1 N–H and O–H groups in total. The molecule has 0 aliphatic heterocycles. The maximum atomic E-state index is 14.1. The van der Waals surface area contributed by atoms with Crippen molar-refractivity contribution in [2.75, 3.05) is 21.3 Å². The Hall–Kier alpha value is -2.84. The van der Waals surface area contributed by atoms with Gasteiger partial charge in [0.15, 0.2) is 11.6 Å². The van der Waals surface area contributed by atoms with Crippen molar-refractivity contribution in [3.8, 4) is 5.75 Å². The van der Waals surface area contributed by atoms with Crippen LogP contribution in [-0.2, 0) is 25.5 Å². The lowest BCUT2D eigenvalue weighted by molar-refractivity contribution is -0.145. The third-order valence-electron chi connectivity index (χ3n) is 4.01. The molecule has 0 aromatic heterocycles. The Morgan fingerprint density at radius 3 is 2.31 bits per heavy atom. The molecule has 0 aliphatic rings. The van der Waals surface area contributed by atoms with E-state index in [0.29, 0.717) is 5.56 Å². The summed E-state index contributed by atoms with van der Waals surface area (Å²) in [6, 6.07) is 2.28. The largest absolute Gasteiger partial charge is 0.494 e. The second-order valence-electron chi connectivity index (χ2n) is 7.53. The quantitative estimate of drug-likeness (QED) is 0.691. The van der Waals surface area contributed by atoms with Gasteiger partial charge in [-0.25, -0.2) is 14.0 Å². The van der Waals surface area contributed by atoms with Gasteiger partial charge in [0, 0.05) is 13.5 Å². The first-order valence-electron chi connectivity index (χ1n) is 9.06. The second-order valence-corrected chi connectivity index (χ2v) is 7.53. The van der Waals surface area contributed by atoms with Gasteiger partial charge in [0.1, 0.15) is 17.7 Å². The molecule has 0 unspecified atom stereocenters. The molecule has 162 valence electrons. The lowest BCUT2D eigenvalue weighted by Crippen LogP contribution is -2.53. The number of amides is 2. The normalized spacial score (nSPS) is 13.1. The van der Waals surface area contributed by atoms with Crippen LogP contribution in [0.15, 0.2) is 18.2 Å². The van der Waals surface area contributed by atoms with Crippen LogP contribution in [0.25, 0.3) is 0 Å². The number of rotatable bonds is 7. The van der Waals surface area contributed by atoms with Gasteiger partial charge in [0.2, 0.25) is 5.91 Å². The Bertz CT molecular complexity index is 747. The van der Waals surface area contributed by atoms with Crippen LogP contribution in [0.4, 0.5) is 9.18 Å². The topological polar surface area (TPSA) is 94.2 Å². The van der Waals surface area contributed by atoms with E-state index in [1.54, 1.807) is 26.8 Å². The van der Waals surface area contributed by atoms with Crippen LogP contribution in [0.1, 0.15) is 33.3 Å². The molecule has 29 heavy (non-hydrogen) atoms. The molecule has 1 aromatic rings. The van der Waals surface area contributed by atoms with Crippen LogP contribution >= 0.6 is 0 Å². The van der Waals surface area contributed by atoms with E-state index in [1.807, 2.05) is 0 Å². The van der Waals surface area contributed by atoms with Gasteiger partial charge in [0.05, 0.1) is 14.2 Å². The van der Waals surface area contributed by atoms with Gasteiger partial charge in [0.25, 0.3) is 0 Å². The predicted octanol–water partition coefficient (Wildman–Crippen LogP) is 2.29. The first kappa shape index (κ1) is 24.2. The predicted molar refractivity (Wildman–Crippen MR) is 104 cm³/mol. The number of likely N-dealkylation sites (N-methyl/N-ethyl adjacent to an activating group) is 1. The lowest BCUT2D eigenvalue weighted by atomic mass is 10.0. The highest BCUT2D eigenvalue weighted by molar-refractivity contribution is 5.89. The number of esters is 1. The zero-order chi connectivity index (χ0) is 22.4. The first-order chi connectivity index (χ1) is 13.4. The fourth-order valence-corrected chi connectivity index (χ4v) is 2.47. The van der Waals surface area contributed by atoms with E-state index in [2.05, 4.69) is 10.1 Å². The molecular weight excluding hydrogens is 383 g/mol. The summed E-state index contributed by atoms with van der Waals surface area (Å²) in [5.41, 5.74) is -0.303. The molecule has 0 radical (unpaired) electrons. The fourth-order valence-electron chi connectivity index (χ4n) is 2.47. The molecule has 0 heterocycles. The van der Waals surface area contributed by atoms with E-state index in [9.17, 15) is 18.8 Å². The van der Waals surface area contributed by atoms with Crippen LogP contribution in [-0.4, -0.2) is 61.8 Å². The Morgan fingerprint density at radius 1 is 1.21 bits per heavy atom. The standard InChI is InChI=1S/C20H29FN2O6/c1-12(18(25)28-7)22-17(24)15(23(5)19(26)29-20(2,3)4)11-13-8-9-16(27-6)14(21)10-13/h8-10,12,15H,11H2,1-7H3,(H,22,24)/t12-,15-/m0/s1. The van der Waals surface area contributed by atoms with Crippen molar-refractivity contribution in [1.82, 2.24) is 10.2 Å². The van der Waals surface area contributed by atoms with Crippen LogP contribution in [0.3, 0.4) is 0 Å². The average Bonchev–Trinajstić information content (AvgIpc) is 2.63.